The average Bonchev–Trinajstić information content (AvgIpc) is 3.36. The van der Waals surface area contributed by atoms with Crippen LogP contribution in [0.2, 0.25) is 0 Å². The van der Waals surface area contributed by atoms with Crippen LogP contribution in [-0.4, -0.2) is 26.4 Å². The zero-order valence-electron chi connectivity index (χ0n) is 14.7. The number of nitrogens with zero attached hydrogens (tertiary/aromatic N) is 3. The normalized spacial score (nSPS) is 13.9. The van der Waals surface area contributed by atoms with Gasteiger partial charge in [0.2, 0.25) is 5.91 Å². The number of carbonyl (C=O) groups excluding carboxylic acids is 1. The maximum atomic E-state index is 12.4. The van der Waals surface area contributed by atoms with Gasteiger partial charge in [-0.05, 0) is 30.4 Å². The lowest BCUT2D eigenvalue weighted by atomic mass is 10.0. The van der Waals surface area contributed by atoms with Gasteiger partial charge in [-0.1, -0.05) is 49.9 Å². The third-order valence-electron chi connectivity index (χ3n) is 4.19. The van der Waals surface area contributed by atoms with Crippen LogP contribution in [0.15, 0.2) is 42.1 Å². The molecule has 132 valence electrons. The van der Waals surface area contributed by atoms with Gasteiger partial charge in [-0.25, -0.2) is 0 Å². The van der Waals surface area contributed by atoms with Crippen LogP contribution in [-0.2, 0) is 11.3 Å². The fraction of sp³-hybridized carbons (Fsp3) is 0.421. The summed E-state index contributed by atoms with van der Waals surface area (Å²) in [6.07, 6.45) is 4.19. The molecule has 0 spiro atoms. The highest BCUT2D eigenvalue weighted by Crippen LogP contribution is 2.40. The van der Waals surface area contributed by atoms with Crippen LogP contribution in [0.1, 0.15) is 49.9 Å². The second kappa shape index (κ2) is 7.87. The summed E-state index contributed by atoms with van der Waals surface area (Å²) in [5, 5.41) is 12.4. The Morgan fingerprint density at radius 1 is 1.40 bits per heavy atom. The van der Waals surface area contributed by atoms with Crippen LogP contribution in [0, 0.1) is 0 Å². The van der Waals surface area contributed by atoms with Gasteiger partial charge in [-0.2, -0.15) is 0 Å². The molecule has 1 aromatic heterocycles. The first-order valence-corrected chi connectivity index (χ1v) is 9.64. The fourth-order valence-electron chi connectivity index (χ4n) is 2.78. The zero-order valence-corrected chi connectivity index (χ0v) is 15.6. The van der Waals surface area contributed by atoms with E-state index in [9.17, 15) is 4.79 Å². The third kappa shape index (κ3) is 4.31. The highest BCUT2D eigenvalue weighted by atomic mass is 32.2. The predicted octanol–water partition coefficient (Wildman–Crippen LogP) is 4.20. The molecule has 25 heavy (non-hydrogen) atoms. The van der Waals surface area contributed by atoms with Gasteiger partial charge in [0.1, 0.15) is 5.82 Å². The SMILES string of the molecule is C=CCn1c(SCC(=O)Nc2ccccc2C(C)C)nnc1C1CC1. The van der Waals surface area contributed by atoms with E-state index in [1.807, 2.05) is 24.3 Å². The lowest BCUT2D eigenvalue weighted by Gasteiger charge is -2.13. The maximum Gasteiger partial charge on any atom is 0.234 e. The van der Waals surface area contributed by atoms with Crippen molar-refractivity contribution < 1.29 is 4.79 Å². The minimum atomic E-state index is -0.0285. The van der Waals surface area contributed by atoms with Crippen molar-refractivity contribution in [2.24, 2.45) is 0 Å². The molecule has 1 amide bonds. The van der Waals surface area contributed by atoms with E-state index in [1.54, 1.807) is 0 Å². The molecule has 0 saturated heterocycles. The summed E-state index contributed by atoms with van der Waals surface area (Å²) in [4.78, 5) is 12.4. The van der Waals surface area contributed by atoms with Crippen molar-refractivity contribution in [2.75, 3.05) is 11.1 Å². The average molecular weight is 356 g/mol. The number of hydrogen-bond donors (Lipinski definition) is 1. The first-order valence-electron chi connectivity index (χ1n) is 8.65. The van der Waals surface area contributed by atoms with E-state index in [0.717, 1.165) is 22.2 Å². The molecule has 0 unspecified atom stereocenters. The molecule has 1 heterocycles. The van der Waals surface area contributed by atoms with E-state index in [-0.39, 0.29) is 5.91 Å². The van der Waals surface area contributed by atoms with Gasteiger partial charge in [0.15, 0.2) is 5.16 Å². The van der Waals surface area contributed by atoms with Crippen LogP contribution in [0.4, 0.5) is 5.69 Å². The molecular weight excluding hydrogens is 332 g/mol. The van der Waals surface area contributed by atoms with Crippen molar-refractivity contribution in [1.29, 1.82) is 0 Å². The summed E-state index contributed by atoms with van der Waals surface area (Å²) in [5.74, 6) is 2.19. The Labute approximate surface area is 152 Å². The van der Waals surface area contributed by atoms with Gasteiger partial charge < -0.3 is 9.88 Å². The molecule has 3 rings (SSSR count). The Morgan fingerprint density at radius 2 is 2.16 bits per heavy atom. The minimum Gasteiger partial charge on any atom is -0.325 e. The molecule has 1 fully saturated rings. The van der Waals surface area contributed by atoms with Gasteiger partial charge in [-0.3, -0.25) is 4.79 Å². The first-order chi connectivity index (χ1) is 12.1. The second-order valence-corrected chi connectivity index (χ2v) is 7.54. The minimum absolute atomic E-state index is 0.0285. The van der Waals surface area contributed by atoms with E-state index >= 15 is 0 Å². The van der Waals surface area contributed by atoms with Crippen molar-refractivity contribution >= 4 is 23.4 Å². The van der Waals surface area contributed by atoms with Gasteiger partial charge in [-0.15, -0.1) is 16.8 Å². The second-order valence-electron chi connectivity index (χ2n) is 6.59. The maximum absolute atomic E-state index is 12.4. The Morgan fingerprint density at radius 3 is 2.84 bits per heavy atom. The largest absolute Gasteiger partial charge is 0.325 e. The van der Waals surface area contributed by atoms with E-state index in [2.05, 4.69) is 46.6 Å². The topological polar surface area (TPSA) is 59.8 Å². The Kier molecular flexibility index (Phi) is 5.58. The van der Waals surface area contributed by atoms with Crippen LogP contribution in [0.5, 0.6) is 0 Å². The van der Waals surface area contributed by atoms with Crippen LogP contribution in [0.25, 0.3) is 0 Å². The fourth-order valence-corrected chi connectivity index (χ4v) is 3.54. The summed E-state index contributed by atoms with van der Waals surface area (Å²) in [7, 11) is 0. The number of allylic oxidation sites excluding steroid dienone is 1. The lowest BCUT2D eigenvalue weighted by Crippen LogP contribution is -2.16. The molecule has 0 bridgehead atoms. The number of para-hydroxylation sites is 1. The summed E-state index contributed by atoms with van der Waals surface area (Å²) in [5.41, 5.74) is 2.03. The molecule has 0 radical (unpaired) electrons. The molecular formula is C19H24N4OS. The van der Waals surface area contributed by atoms with Gasteiger partial charge >= 0.3 is 0 Å². The summed E-state index contributed by atoms with van der Waals surface area (Å²) >= 11 is 1.42. The zero-order chi connectivity index (χ0) is 17.8. The van der Waals surface area contributed by atoms with Crippen LogP contribution in [0.3, 0.4) is 0 Å². The Bertz CT molecular complexity index is 765. The Balaban J connectivity index is 1.64. The monoisotopic (exact) mass is 356 g/mol. The van der Waals surface area contributed by atoms with Crippen LogP contribution >= 0.6 is 11.8 Å². The molecule has 1 aliphatic rings. The smallest absolute Gasteiger partial charge is 0.234 e. The number of carbonyl (C=O) groups is 1. The number of thioether (sulfide) groups is 1. The molecule has 1 N–H and O–H groups in total. The molecule has 1 aromatic carbocycles. The lowest BCUT2D eigenvalue weighted by molar-refractivity contribution is -0.113. The standard InChI is InChI=1S/C19H24N4OS/c1-4-11-23-18(14-9-10-14)21-22-19(23)25-12-17(24)20-16-8-6-5-7-15(16)13(2)3/h4-8,13-14H,1,9-12H2,2-3H3,(H,20,24). The van der Waals surface area contributed by atoms with E-state index in [1.165, 1.54) is 24.6 Å². The van der Waals surface area contributed by atoms with Crippen molar-refractivity contribution in [3.05, 3.63) is 48.3 Å². The molecule has 1 saturated carbocycles. The van der Waals surface area contributed by atoms with Crippen molar-refractivity contribution in [1.82, 2.24) is 14.8 Å². The van der Waals surface area contributed by atoms with Crippen molar-refractivity contribution in [2.45, 2.75) is 50.2 Å². The number of aromatic nitrogens is 3. The van der Waals surface area contributed by atoms with E-state index < -0.39 is 0 Å². The highest BCUT2D eigenvalue weighted by Gasteiger charge is 2.30. The van der Waals surface area contributed by atoms with Gasteiger partial charge in [0.25, 0.3) is 0 Å². The highest BCUT2D eigenvalue weighted by molar-refractivity contribution is 7.99. The third-order valence-corrected chi connectivity index (χ3v) is 5.16. The summed E-state index contributed by atoms with van der Waals surface area (Å²) in [6, 6.07) is 7.94. The number of rotatable bonds is 8. The summed E-state index contributed by atoms with van der Waals surface area (Å²) in [6.45, 7) is 8.73. The van der Waals surface area contributed by atoms with Crippen molar-refractivity contribution in [3.63, 3.8) is 0 Å². The van der Waals surface area contributed by atoms with Gasteiger partial charge in [0.05, 0.1) is 5.75 Å². The quantitative estimate of drug-likeness (QED) is 0.569. The number of hydrogen-bond acceptors (Lipinski definition) is 4. The molecule has 0 atom stereocenters. The van der Waals surface area contributed by atoms with E-state index in [0.29, 0.717) is 24.1 Å². The number of nitrogens with one attached hydrogen (secondary N) is 1. The molecule has 0 aliphatic heterocycles. The number of benzene rings is 1. The Hall–Kier alpha value is -2.08. The molecule has 5 nitrogen and oxygen atoms in total. The molecule has 2 aromatic rings. The predicted molar refractivity (Wildman–Crippen MR) is 102 cm³/mol. The number of amides is 1. The van der Waals surface area contributed by atoms with Gasteiger partial charge in [0, 0.05) is 18.2 Å². The summed E-state index contributed by atoms with van der Waals surface area (Å²) < 4.78 is 2.07. The number of anilines is 1. The van der Waals surface area contributed by atoms with Crippen molar-refractivity contribution in [3.8, 4) is 0 Å². The van der Waals surface area contributed by atoms with E-state index in [4.69, 9.17) is 0 Å². The first kappa shape index (κ1) is 17.7. The molecule has 1 aliphatic carbocycles. The van der Waals surface area contributed by atoms with Crippen LogP contribution < -0.4 is 5.32 Å². The molecule has 6 heteroatoms.